The maximum absolute atomic E-state index is 12.6. The minimum absolute atomic E-state index is 0.210. The molecule has 0 aliphatic carbocycles. The largest absolute Gasteiger partial charge is 0.454 e. The Labute approximate surface area is 134 Å². The molecule has 0 saturated carbocycles. The molecular formula is C15H17NO4S2. The second kappa shape index (κ2) is 5.91. The molecule has 0 radical (unpaired) electrons. The van der Waals surface area contributed by atoms with E-state index in [1.807, 2.05) is 25.1 Å². The summed E-state index contributed by atoms with van der Waals surface area (Å²) in [6.45, 7) is 2.51. The van der Waals surface area contributed by atoms with Crippen molar-refractivity contribution in [2.75, 3.05) is 13.8 Å². The van der Waals surface area contributed by atoms with Crippen LogP contribution >= 0.6 is 11.3 Å². The van der Waals surface area contributed by atoms with E-state index in [4.69, 9.17) is 9.47 Å². The van der Waals surface area contributed by atoms with E-state index in [0.717, 1.165) is 16.9 Å². The summed E-state index contributed by atoms with van der Waals surface area (Å²) >= 11 is 1.32. The standard InChI is InChI=1S/C15H17NO4S2/c1-3-12-5-7-15(21-12)22(17,18)16(2)9-11-4-6-13-14(8-11)20-10-19-13/h4-8H,3,9-10H2,1-2H3. The highest BCUT2D eigenvalue weighted by Crippen LogP contribution is 2.33. The highest BCUT2D eigenvalue weighted by atomic mass is 32.2. The zero-order chi connectivity index (χ0) is 15.7. The predicted molar refractivity (Wildman–Crippen MR) is 84.9 cm³/mol. The lowest BCUT2D eigenvalue weighted by Crippen LogP contribution is -2.25. The maximum Gasteiger partial charge on any atom is 0.252 e. The van der Waals surface area contributed by atoms with E-state index in [0.29, 0.717) is 22.3 Å². The molecule has 3 rings (SSSR count). The average molecular weight is 339 g/mol. The first kappa shape index (κ1) is 15.3. The third-order valence-corrected chi connectivity index (χ3v) is 6.99. The summed E-state index contributed by atoms with van der Waals surface area (Å²) in [7, 11) is -1.87. The number of sulfonamides is 1. The molecule has 2 aromatic rings. The summed E-state index contributed by atoms with van der Waals surface area (Å²) in [5.74, 6) is 1.35. The first-order valence-electron chi connectivity index (χ1n) is 6.94. The number of aryl methyl sites for hydroxylation is 1. The number of hydrogen-bond acceptors (Lipinski definition) is 5. The predicted octanol–water partition coefficient (Wildman–Crippen LogP) is 2.86. The number of thiophene rings is 1. The van der Waals surface area contributed by atoms with Crippen LogP contribution in [0.3, 0.4) is 0 Å². The van der Waals surface area contributed by atoms with Gasteiger partial charge in [-0.2, -0.15) is 4.31 Å². The summed E-state index contributed by atoms with van der Waals surface area (Å²) in [6.07, 6.45) is 0.839. The molecule has 0 spiro atoms. The topological polar surface area (TPSA) is 55.8 Å². The molecule has 0 unspecified atom stereocenters. The van der Waals surface area contributed by atoms with E-state index in [9.17, 15) is 8.42 Å². The fourth-order valence-corrected chi connectivity index (χ4v) is 4.89. The van der Waals surface area contributed by atoms with Crippen molar-refractivity contribution in [1.29, 1.82) is 0 Å². The molecule has 0 bridgehead atoms. The van der Waals surface area contributed by atoms with E-state index in [-0.39, 0.29) is 6.79 Å². The molecule has 118 valence electrons. The first-order chi connectivity index (χ1) is 10.5. The number of ether oxygens (including phenoxy) is 2. The van der Waals surface area contributed by atoms with Gasteiger partial charge in [-0.25, -0.2) is 8.42 Å². The second-order valence-electron chi connectivity index (χ2n) is 5.02. The van der Waals surface area contributed by atoms with Crippen molar-refractivity contribution in [2.24, 2.45) is 0 Å². The van der Waals surface area contributed by atoms with Gasteiger partial charge < -0.3 is 9.47 Å². The number of hydrogen-bond donors (Lipinski definition) is 0. The van der Waals surface area contributed by atoms with Crippen molar-refractivity contribution in [3.05, 3.63) is 40.8 Å². The molecule has 5 nitrogen and oxygen atoms in total. The molecule has 0 atom stereocenters. The molecule has 2 heterocycles. The molecule has 7 heteroatoms. The van der Waals surface area contributed by atoms with Gasteiger partial charge in [-0.1, -0.05) is 13.0 Å². The van der Waals surface area contributed by atoms with Crippen LogP contribution in [0, 0.1) is 0 Å². The molecule has 1 aliphatic heterocycles. The lowest BCUT2D eigenvalue weighted by Gasteiger charge is -2.16. The maximum atomic E-state index is 12.6. The summed E-state index contributed by atoms with van der Waals surface area (Å²) in [5, 5.41) is 0. The van der Waals surface area contributed by atoms with Crippen LogP contribution in [0.4, 0.5) is 0 Å². The highest BCUT2D eigenvalue weighted by Gasteiger charge is 2.23. The Morgan fingerprint density at radius 1 is 1.18 bits per heavy atom. The van der Waals surface area contributed by atoms with Gasteiger partial charge in [-0.3, -0.25) is 0 Å². The Bertz CT molecular complexity index is 783. The van der Waals surface area contributed by atoms with Crippen LogP contribution in [-0.4, -0.2) is 26.6 Å². The molecule has 0 saturated heterocycles. The normalized spacial score (nSPS) is 13.8. The van der Waals surface area contributed by atoms with Crippen molar-refractivity contribution in [3.63, 3.8) is 0 Å². The third-order valence-electron chi connectivity index (χ3n) is 3.49. The van der Waals surface area contributed by atoms with E-state index >= 15 is 0 Å². The number of fused-ring (bicyclic) bond motifs is 1. The summed E-state index contributed by atoms with van der Waals surface area (Å²) in [5.41, 5.74) is 0.864. The molecule has 1 aromatic carbocycles. The summed E-state index contributed by atoms with van der Waals surface area (Å²) in [6, 6.07) is 9.02. The van der Waals surface area contributed by atoms with Gasteiger partial charge in [-0.15, -0.1) is 11.3 Å². The van der Waals surface area contributed by atoms with Crippen molar-refractivity contribution in [3.8, 4) is 11.5 Å². The van der Waals surface area contributed by atoms with Crippen molar-refractivity contribution in [2.45, 2.75) is 24.1 Å². The van der Waals surface area contributed by atoms with Gasteiger partial charge in [0.1, 0.15) is 4.21 Å². The number of benzene rings is 1. The van der Waals surface area contributed by atoms with Gasteiger partial charge in [0.05, 0.1) is 0 Å². The Morgan fingerprint density at radius 2 is 1.95 bits per heavy atom. The lowest BCUT2D eigenvalue weighted by molar-refractivity contribution is 0.174. The zero-order valence-corrected chi connectivity index (χ0v) is 14.0. The van der Waals surface area contributed by atoms with E-state index in [2.05, 4.69) is 0 Å². The summed E-state index contributed by atoms with van der Waals surface area (Å²) in [4.78, 5) is 1.06. The van der Waals surface area contributed by atoms with Crippen LogP contribution in [0.1, 0.15) is 17.4 Å². The van der Waals surface area contributed by atoms with Crippen LogP contribution in [0.5, 0.6) is 11.5 Å². The Kier molecular flexibility index (Phi) is 4.12. The lowest BCUT2D eigenvalue weighted by atomic mass is 10.2. The first-order valence-corrected chi connectivity index (χ1v) is 9.20. The second-order valence-corrected chi connectivity index (χ2v) is 8.46. The number of nitrogens with zero attached hydrogens (tertiary/aromatic N) is 1. The Morgan fingerprint density at radius 3 is 2.68 bits per heavy atom. The van der Waals surface area contributed by atoms with Crippen LogP contribution in [0.15, 0.2) is 34.5 Å². The van der Waals surface area contributed by atoms with Gasteiger partial charge in [0.25, 0.3) is 10.0 Å². The minimum atomic E-state index is -3.46. The van der Waals surface area contributed by atoms with Crippen LogP contribution in [0.25, 0.3) is 0 Å². The van der Waals surface area contributed by atoms with Crippen molar-refractivity contribution >= 4 is 21.4 Å². The fraction of sp³-hybridized carbons (Fsp3) is 0.333. The average Bonchev–Trinajstić information content (AvgIpc) is 3.15. The monoisotopic (exact) mass is 339 g/mol. The van der Waals surface area contributed by atoms with Gasteiger partial charge in [-0.05, 0) is 36.2 Å². The van der Waals surface area contributed by atoms with E-state index in [1.165, 1.54) is 15.6 Å². The van der Waals surface area contributed by atoms with Crippen molar-refractivity contribution in [1.82, 2.24) is 4.31 Å². The van der Waals surface area contributed by atoms with Gasteiger partial charge in [0, 0.05) is 18.5 Å². The Balaban J connectivity index is 1.79. The molecule has 1 aromatic heterocycles. The van der Waals surface area contributed by atoms with Gasteiger partial charge in [0.15, 0.2) is 11.5 Å². The Hall–Kier alpha value is -1.57. The van der Waals surface area contributed by atoms with Crippen LogP contribution < -0.4 is 9.47 Å². The highest BCUT2D eigenvalue weighted by molar-refractivity contribution is 7.91. The molecule has 0 amide bonds. The SMILES string of the molecule is CCc1ccc(S(=O)(=O)N(C)Cc2ccc3c(c2)OCO3)s1. The molecule has 1 aliphatic rings. The van der Waals surface area contributed by atoms with Gasteiger partial charge in [0.2, 0.25) is 6.79 Å². The minimum Gasteiger partial charge on any atom is -0.454 e. The fourth-order valence-electron chi connectivity index (χ4n) is 2.22. The third kappa shape index (κ3) is 2.84. The van der Waals surface area contributed by atoms with E-state index < -0.39 is 10.0 Å². The molecule has 22 heavy (non-hydrogen) atoms. The van der Waals surface area contributed by atoms with Crippen LogP contribution in [-0.2, 0) is 23.0 Å². The molecule has 0 N–H and O–H groups in total. The zero-order valence-electron chi connectivity index (χ0n) is 12.4. The van der Waals surface area contributed by atoms with Crippen molar-refractivity contribution < 1.29 is 17.9 Å². The van der Waals surface area contributed by atoms with Crippen LogP contribution in [0.2, 0.25) is 0 Å². The smallest absolute Gasteiger partial charge is 0.252 e. The quantitative estimate of drug-likeness (QED) is 0.840. The summed E-state index contributed by atoms with van der Waals surface area (Å²) < 4.78 is 37.5. The van der Waals surface area contributed by atoms with E-state index in [1.54, 1.807) is 19.2 Å². The number of rotatable bonds is 5. The van der Waals surface area contributed by atoms with Gasteiger partial charge >= 0.3 is 0 Å². The molecular weight excluding hydrogens is 322 g/mol. The molecule has 0 fully saturated rings.